The highest BCUT2D eigenvalue weighted by molar-refractivity contribution is 7.90. The highest BCUT2D eigenvalue weighted by Gasteiger charge is 2.24. The molecule has 160 valence electrons. The average molecular weight is 433 g/mol. The van der Waals surface area contributed by atoms with E-state index in [-0.39, 0.29) is 34.6 Å². The van der Waals surface area contributed by atoms with Crippen molar-refractivity contribution < 1.29 is 22.4 Å². The lowest BCUT2D eigenvalue weighted by molar-refractivity contribution is 0.0904. The Hall–Kier alpha value is -2.58. The number of hydrogen-bond donors (Lipinski definition) is 1. The lowest BCUT2D eigenvalue weighted by atomic mass is 9.97. The van der Waals surface area contributed by atoms with E-state index in [1.807, 2.05) is 0 Å². The second kappa shape index (κ2) is 9.49. The highest BCUT2D eigenvalue weighted by atomic mass is 32.2. The fraction of sp³-hybridized carbons (Fsp3) is 0.364. The number of nitrogens with zero attached hydrogens (tertiary/aromatic N) is 1. The molecule has 3 rings (SSSR count). The maximum absolute atomic E-state index is 13.1. The third-order valence-corrected chi connectivity index (χ3v) is 6.15. The molecule has 1 aliphatic rings. The molecule has 30 heavy (non-hydrogen) atoms. The van der Waals surface area contributed by atoms with Crippen molar-refractivity contribution in [1.82, 2.24) is 10.2 Å². The SMILES string of the molecule is CS(=O)(=O)CCN1CCC(NC(=O)c2ccccc2C(=O)c2ccc(F)cc2)CC1. The van der Waals surface area contributed by atoms with Crippen molar-refractivity contribution in [3.05, 3.63) is 71.0 Å². The number of carbonyl (C=O) groups excluding carboxylic acids is 2. The van der Waals surface area contributed by atoms with Gasteiger partial charge < -0.3 is 10.2 Å². The van der Waals surface area contributed by atoms with Crippen LogP contribution < -0.4 is 5.32 Å². The topological polar surface area (TPSA) is 83.6 Å². The molecule has 2 aromatic carbocycles. The highest BCUT2D eigenvalue weighted by Crippen LogP contribution is 2.17. The standard InChI is InChI=1S/C22H25FN2O4S/c1-30(28,29)15-14-25-12-10-18(11-13-25)24-22(27)20-5-3-2-4-19(20)21(26)16-6-8-17(23)9-7-16/h2-9,18H,10-15H2,1H3,(H,24,27). The number of rotatable bonds is 7. The van der Waals surface area contributed by atoms with Gasteiger partial charge in [-0.05, 0) is 43.2 Å². The minimum absolute atomic E-state index is 0.0408. The Morgan fingerprint density at radius 3 is 2.23 bits per heavy atom. The Bertz CT molecular complexity index is 1010. The summed E-state index contributed by atoms with van der Waals surface area (Å²) in [5, 5.41) is 2.99. The van der Waals surface area contributed by atoms with Crippen LogP contribution in [0, 0.1) is 5.82 Å². The molecular weight excluding hydrogens is 407 g/mol. The Morgan fingerprint density at radius 2 is 1.63 bits per heavy atom. The van der Waals surface area contributed by atoms with Crippen LogP contribution in [0.3, 0.4) is 0 Å². The van der Waals surface area contributed by atoms with E-state index in [2.05, 4.69) is 10.2 Å². The average Bonchev–Trinajstić information content (AvgIpc) is 2.73. The predicted molar refractivity (Wildman–Crippen MR) is 113 cm³/mol. The normalized spacial score (nSPS) is 15.7. The molecule has 0 saturated carbocycles. The van der Waals surface area contributed by atoms with Gasteiger partial charge in [-0.1, -0.05) is 18.2 Å². The van der Waals surface area contributed by atoms with Gasteiger partial charge in [0, 0.05) is 43.1 Å². The van der Waals surface area contributed by atoms with Gasteiger partial charge >= 0.3 is 0 Å². The minimum atomic E-state index is -2.99. The molecular formula is C22H25FN2O4S. The summed E-state index contributed by atoms with van der Waals surface area (Å²) in [7, 11) is -2.99. The van der Waals surface area contributed by atoms with Gasteiger partial charge in [-0.15, -0.1) is 0 Å². The third-order valence-electron chi connectivity index (χ3n) is 5.22. The summed E-state index contributed by atoms with van der Waals surface area (Å²) in [6.45, 7) is 1.90. The molecule has 0 spiro atoms. The van der Waals surface area contributed by atoms with Crippen LogP contribution in [0.15, 0.2) is 48.5 Å². The first-order valence-electron chi connectivity index (χ1n) is 9.83. The Labute approximate surface area is 176 Å². The molecule has 8 heteroatoms. The van der Waals surface area contributed by atoms with Gasteiger partial charge in [-0.3, -0.25) is 9.59 Å². The van der Waals surface area contributed by atoms with Crippen molar-refractivity contribution in [2.45, 2.75) is 18.9 Å². The van der Waals surface area contributed by atoms with Crippen molar-refractivity contribution in [3.63, 3.8) is 0 Å². The molecule has 0 radical (unpaired) electrons. The molecule has 1 fully saturated rings. The van der Waals surface area contributed by atoms with Crippen molar-refractivity contribution in [2.24, 2.45) is 0 Å². The Balaban J connectivity index is 1.63. The summed E-state index contributed by atoms with van der Waals surface area (Å²) in [5.41, 5.74) is 0.870. The van der Waals surface area contributed by atoms with E-state index in [0.717, 1.165) is 0 Å². The molecule has 1 saturated heterocycles. The molecule has 1 N–H and O–H groups in total. The Kier molecular flexibility index (Phi) is 6.99. The van der Waals surface area contributed by atoms with Gasteiger partial charge in [0.25, 0.3) is 5.91 Å². The first-order valence-corrected chi connectivity index (χ1v) is 11.9. The van der Waals surface area contributed by atoms with Crippen molar-refractivity contribution in [3.8, 4) is 0 Å². The molecule has 1 heterocycles. The zero-order chi connectivity index (χ0) is 21.7. The van der Waals surface area contributed by atoms with E-state index < -0.39 is 15.7 Å². The van der Waals surface area contributed by atoms with Crippen molar-refractivity contribution in [1.29, 1.82) is 0 Å². The van der Waals surface area contributed by atoms with Gasteiger partial charge in [-0.2, -0.15) is 0 Å². The summed E-state index contributed by atoms with van der Waals surface area (Å²) in [4.78, 5) is 27.7. The quantitative estimate of drug-likeness (QED) is 0.679. The first kappa shape index (κ1) is 22.1. The fourth-order valence-electron chi connectivity index (χ4n) is 3.49. The summed E-state index contributed by atoms with van der Waals surface area (Å²) in [6.07, 6.45) is 2.65. The largest absolute Gasteiger partial charge is 0.349 e. The molecule has 0 bridgehead atoms. The van der Waals surface area contributed by atoms with Crippen LogP contribution in [0.2, 0.25) is 0 Å². The number of ketones is 1. The zero-order valence-corrected chi connectivity index (χ0v) is 17.6. The molecule has 1 aliphatic heterocycles. The molecule has 0 aliphatic carbocycles. The van der Waals surface area contributed by atoms with Crippen LogP contribution in [0.5, 0.6) is 0 Å². The molecule has 6 nitrogen and oxygen atoms in total. The number of carbonyl (C=O) groups is 2. The van der Waals surface area contributed by atoms with E-state index in [0.29, 0.717) is 38.0 Å². The minimum Gasteiger partial charge on any atom is -0.349 e. The lowest BCUT2D eigenvalue weighted by Crippen LogP contribution is -2.45. The number of sulfone groups is 1. The fourth-order valence-corrected chi connectivity index (χ4v) is 4.08. The summed E-state index contributed by atoms with van der Waals surface area (Å²) >= 11 is 0. The van der Waals surface area contributed by atoms with Gasteiger partial charge in [0.15, 0.2) is 5.78 Å². The van der Waals surface area contributed by atoms with Gasteiger partial charge in [0.2, 0.25) is 0 Å². The summed E-state index contributed by atoms with van der Waals surface area (Å²) in [6, 6.07) is 11.8. The van der Waals surface area contributed by atoms with Crippen LogP contribution in [0.25, 0.3) is 0 Å². The predicted octanol–water partition coefficient (Wildman–Crippen LogP) is 2.30. The van der Waals surface area contributed by atoms with Crippen LogP contribution in [-0.4, -0.2) is 62.7 Å². The zero-order valence-electron chi connectivity index (χ0n) is 16.8. The van der Waals surface area contributed by atoms with E-state index in [1.54, 1.807) is 24.3 Å². The molecule has 2 aromatic rings. The molecule has 1 amide bonds. The monoisotopic (exact) mass is 432 g/mol. The summed E-state index contributed by atoms with van der Waals surface area (Å²) in [5.74, 6) is -0.962. The van der Waals surface area contributed by atoms with Crippen LogP contribution in [0.4, 0.5) is 4.39 Å². The van der Waals surface area contributed by atoms with Gasteiger partial charge in [-0.25, -0.2) is 12.8 Å². The maximum Gasteiger partial charge on any atom is 0.252 e. The number of amides is 1. The molecule has 0 atom stereocenters. The summed E-state index contributed by atoms with van der Waals surface area (Å²) < 4.78 is 35.8. The number of benzene rings is 2. The molecule has 0 aromatic heterocycles. The van der Waals surface area contributed by atoms with E-state index in [1.165, 1.54) is 30.5 Å². The number of halogens is 1. The van der Waals surface area contributed by atoms with Gasteiger partial charge in [0.05, 0.1) is 11.3 Å². The van der Waals surface area contributed by atoms with E-state index in [4.69, 9.17) is 0 Å². The third kappa shape index (κ3) is 5.96. The van der Waals surface area contributed by atoms with E-state index >= 15 is 0 Å². The number of hydrogen-bond acceptors (Lipinski definition) is 5. The number of nitrogens with one attached hydrogen (secondary N) is 1. The molecule has 0 unspecified atom stereocenters. The van der Waals surface area contributed by atoms with Crippen LogP contribution >= 0.6 is 0 Å². The van der Waals surface area contributed by atoms with Crippen LogP contribution in [0.1, 0.15) is 39.1 Å². The maximum atomic E-state index is 13.1. The van der Waals surface area contributed by atoms with Crippen molar-refractivity contribution in [2.75, 3.05) is 31.6 Å². The second-order valence-corrected chi connectivity index (χ2v) is 9.86. The smallest absolute Gasteiger partial charge is 0.252 e. The van der Waals surface area contributed by atoms with Crippen LogP contribution in [-0.2, 0) is 9.84 Å². The van der Waals surface area contributed by atoms with Gasteiger partial charge in [0.1, 0.15) is 15.7 Å². The van der Waals surface area contributed by atoms with E-state index in [9.17, 15) is 22.4 Å². The lowest BCUT2D eigenvalue weighted by Gasteiger charge is -2.32. The van der Waals surface area contributed by atoms with Crippen molar-refractivity contribution >= 4 is 21.5 Å². The number of piperidine rings is 1. The second-order valence-electron chi connectivity index (χ2n) is 7.60. The Morgan fingerprint density at radius 1 is 1.03 bits per heavy atom. The number of likely N-dealkylation sites (tertiary alicyclic amines) is 1. The first-order chi connectivity index (χ1) is 14.2.